The van der Waals surface area contributed by atoms with Crippen LogP contribution in [0.15, 0.2) is 27.4 Å². The highest BCUT2D eigenvalue weighted by atomic mass is 16.4. The van der Waals surface area contributed by atoms with Crippen molar-refractivity contribution in [3.8, 4) is 0 Å². The molecule has 0 aliphatic carbocycles. The lowest BCUT2D eigenvalue weighted by atomic mass is 10.1. The minimum atomic E-state index is -0.404. The Morgan fingerprint density at radius 1 is 1.53 bits per heavy atom. The van der Waals surface area contributed by atoms with Gasteiger partial charge >= 0.3 is 5.76 Å². The molecule has 0 spiro atoms. The zero-order valence-corrected chi connectivity index (χ0v) is 8.83. The molecule has 0 saturated heterocycles. The van der Waals surface area contributed by atoms with Gasteiger partial charge in [-0.1, -0.05) is 13.0 Å². The van der Waals surface area contributed by atoms with E-state index < -0.39 is 5.76 Å². The van der Waals surface area contributed by atoms with Crippen molar-refractivity contribution in [2.75, 3.05) is 6.54 Å². The molecule has 0 saturated carbocycles. The molecular weight excluding hydrogens is 192 g/mol. The molecule has 0 amide bonds. The molecule has 0 radical (unpaired) electrons. The van der Waals surface area contributed by atoms with Crippen LogP contribution in [-0.2, 0) is 0 Å². The lowest BCUT2D eigenvalue weighted by molar-refractivity contribution is 0.552. The van der Waals surface area contributed by atoms with Crippen LogP contribution >= 0.6 is 0 Å². The number of hydrogen-bond donors (Lipinski definition) is 2. The number of aromatic amines is 1. The van der Waals surface area contributed by atoms with Gasteiger partial charge in [0, 0.05) is 6.04 Å². The van der Waals surface area contributed by atoms with Gasteiger partial charge in [0.15, 0.2) is 5.58 Å². The first kappa shape index (κ1) is 9.98. The molecule has 4 nitrogen and oxygen atoms in total. The van der Waals surface area contributed by atoms with Gasteiger partial charge in [-0.2, -0.15) is 0 Å². The van der Waals surface area contributed by atoms with Crippen LogP contribution in [0.5, 0.6) is 0 Å². The number of fused-ring (bicyclic) bond motifs is 1. The summed E-state index contributed by atoms with van der Waals surface area (Å²) >= 11 is 0. The maximum atomic E-state index is 11.0. The van der Waals surface area contributed by atoms with Gasteiger partial charge in [0.1, 0.15) is 0 Å². The molecule has 1 atom stereocenters. The summed E-state index contributed by atoms with van der Waals surface area (Å²) in [5.41, 5.74) is 2.47. The molecule has 0 bridgehead atoms. The Morgan fingerprint density at radius 2 is 2.33 bits per heavy atom. The van der Waals surface area contributed by atoms with Gasteiger partial charge in [-0.05, 0) is 31.2 Å². The minimum Gasteiger partial charge on any atom is -0.408 e. The first-order chi connectivity index (χ1) is 7.20. The van der Waals surface area contributed by atoms with Crippen molar-refractivity contribution in [1.29, 1.82) is 0 Å². The predicted octanol–water partition coefficient (Wildman–Crippen LogP) is 1.79. The van der Waals surface area contributed by atoms with Crippen molar-refractivity contribution < 1.29 is 4.42 Å². The van der Waals surface area contributed by atoms with Crippen molar-refractivity contribution in [3.63, 3.8) is 0 Å². The number of oxazole rings is 1. The van der Waals surface area contributed by atoms with Crippen LogP contribution < -0.4 is 11.1 Å². The van der Waals surface area contributed by atoms with Crippen molar-refractivity contribution >= 4 is 11.1 Å². The quantitative estimate of drug-likeness (QED) is 0.805. The van der Waals surface area contributed by atoms with Gasteiger partial charge in [-0.15, -0.1) is 0 Å². The summed E-state index contributed by atoms with van der Waals surface area (Å²) in [6.45, 7) is 5.05. The molecule has 2 N–H and O–H groups in total. The van der Waals surface area contributed by atoms with Gasteiger partial charge in [0.2, 0.25) is 0 Å². The molecule has 1 heterocycles. The van der Waals surface area contributed by atoms with E-state index in [2.05, 4.69) is 24.1 Å². The highest BCUT2D eigenvalue weighted by Gasteiger charge is 2.06. The molecule has 2 aromatic rings. The van der Waals surface area contributed by atoms with Crippen LogP contribution in [-0.4, -0.2) is 11.5 Å². The Hall–Kier alpha value is -1.55. The third-order valence-electron chi connectivity index (χ3n) is 2.46. The van der Waals surface area contributed by atoms with Gasteiger partial charge in [-0.3, -0.25) is 4.98 Å². The van der Waals surface area contributed by atoms with Gasteiger partial charge in [0.05, 0.1) is 5.52 Å². The second-order valence-electron chi connectivity index (χ2n) is 3.55. The molecule has 0 fully saturated rings. The van der Waals surface area contributed by atoms with E-state index in [1.54, 1.807) is 0 Å². The van der Waals surface area contributed by atoms with Gasteiger partial charge < -0.3 is 9.73 Å². The lowest BCUT2D eigenvalue weighted by Gasteiger charge is -2.11. The molecule has 2 rings (SSSR count). The Bertz CT molecular complexity index is 513. The normalized spacial score (nSPS) is 13.2. The summed E-state index contributed by atoms with van der Waals surface area (Å²) in [6, 6.07) is 6.00. The molecule has 0 aliphatic heterocycles. The highest BCUT2D eigenvalue weighted by molar-refractivity contribution is 5.72. The minimum absolute atomic E-state index is 0.264. The Balaban J connectivity index is 2.41. The van der Waals surface area contributed by atoms with Crippen LogP contribution in [0.3, 0.4) is 0 Å². The SMILES string of the molecule is CCNC(C)c1ccc2[nH]c(=O)oc2c1. The first-order valence-corrected chi connectivity index (χ1v) is 5.07. The fourth-order valence-corrected chi connectivity index (χ4v) is 1.66. The van der Waals surface area contributed by atoms with E-state index in [0.717, 1.165) is 17.6 Å². The van der Waals surface area contributed by atoms with Crippen LogP contribution in [0.2, 0.25) is 0 Å². The van der Waals surface area contributed by atoms with E-state index in [1.807, 2.05) is 18.2 Å². The topological polar surface area (TPSA) is 58.0 Å². The van der Waals surface area contributed by atoms with Crippen LogP contribution in [0.1, 0.15) is 25.5 Å². The van der Waals surface area contributed by atoms with Crippen molar-refractivity contribution in [2.24, 2.45) is 0 Å². The van der Waals surface area contributed by atoms with Crippen molar-refractivity contribution in [1.82, 2.24) is 10.3 Å². The number of nitrogens with one attached hydrogen (secondary N) is 2. The molecule has 80 valence electrons. The molecule has 1 unspecified atom stereocenters. The monoisotopic (exact) mass is 206 g/mol. The van der Waals surface area contributed by atoms with E-state index in [-0.39, 0.29) is 6.04 Å². The summed E-state index contributed by atoms with van der Waals surface area (Å²) in [5, 5.41) is 3.30. The zero-order chi connectivity index (χ0) is 10.8. The van der Waals surface area contributed by atoms with E-state index in [1.165, 1.54) is 0 Å². The third-order valence-corrected chi connectivity index (χ3v) is 2.46. The van der Waals surface area contributed by atoms with E-state index in [0.29, 0.717) is 5.58 Å². The van der Waals surface area contributed by atoms with Crippen molar-refractivity contribution in [2.45, 2.75) is 19.9 Å². The standard InChI is InChI=1S/C11H14N2O2/c1-3-12-7(2)8-4-5-9-10(6-8)15-11(14)13-9/h4-7,12H,3H2,1-2H3,(H,13,14). The van der Waals surface area contributed by atoms with Crippen molar-refractivity contribution in [3.05, 3.63) is 34.3 Å². The average molecular weight is 206 g/mol. The second-order valence-corrected chi connectivity index (χ2v) is 3.55. The van der Waals surface area contributed by atoms with Gasteiger partial charge in [-0.25, -0.2) is 4.79 Å². The fourth-order valence-electron chi connectivity index (χ4n) is 1.66. The van der Waals surface area contributed by atoms with Crippen LogP contribution in [0.25, 0.3) is 11.1 Å². The number of rotatable bonds is 3. The first-order valence-electron chi connectivity index (χ1n) is 5.07. The third kappa shape index (κ3) is 1.94. The molecule has 1 aromatic heterocycles. The zero-order valence-electron chi connectivity index (χ0n) is 8.83. The Morgan fingerprint density at radius 3 is 3.07 bits per heavy atom. The molecule has 4 heteroatoms. The second kappa shape index (κ2) is 3.90. The highest BCUT2D eigenvalue weighted by Crippen LogP contribution is 2.17. The summed E-state index contributed by atoms with van der Waals surface area (Å²) in [7, 11) is 0. The number of hydrogen-bond acceptors (Lipinski definition) is 3. The van der Waals surface area contributed by atoms with E-state index in [4.69, 9.17) is 4.42 Å². The maximum absolute atomic E-state index is 11.0. The molecule has 15 heavy (non-hydrogen) atoms. The Labute approximate surface area is 87.3 Å². The molecule has 1 aromatic carbocycles. The summed E-state index contributed by atoms with van der Waals surface area (Å²) in [5.74, 6) is -0.404. The largest absolute Gasteiger partial charge is 0.417 e. The average Bonchev–Trinajstić information content (AvgIpc) is 2.57. The number of benzene rings is 1. The van der Waals surface area contributed by atoms with E-state index in [9.17, 15) is 4.79 Å². The summed E-state index contributed by atoms with van der Waals surface area (Å²) in [6.07, 6.45) is 0. The van der Waals surface area contributed by atoms with Crippen LogP contribution in [0, 0.1) is 0 Å². The van der Waals surface area contributed by atoms with E-state index >= 15 is 0 Å². The predicted molar refractivity (Wildman–Crippen MR) is 58.9 cm³/mol. The van der Waals surface area contributed by atoms with Crippen LogP contribution in [0.4, 0.5) is 0 Å². The number of aromatic nitrogens is 1. The molecular formula is C11H14N2O2. The summed E-state index contributed by atoms with van der Waals surface area (Å²) < 4.78 is 5.00. The fraction of sp³-hybridized carbons (Fsp3) is 0.364. The summed E-state index contributed by atoms with van der Waals surface area (Å²) in [4.78, 5) is 13.6. The van der Waals surface area contributed by atoms with Gasteiger partial charge in [0.25, 0.3) is 0 Å². The lowest BCUT2D eigenvalue weighted by Crippen LogP contribution is -2.17. The molecule has 0 aliphatic rings. The smallest absolute Gasteiger partial charge is 0.408 e. The maximum Gasteiger partial charge on any atom is 0.417 e. The number of H-pyrrole nitrogens is 1. The Kier molecular flexibility index (Phi) is 2.60.